The molecule has 0 atom stereocenters. The van der Waals surface area contributed by atoms with Crippen LogP contribution in [-0.2, 0) is 9.47 Å². The standard InChI is InChI=1S/C13H19FO3/c1-11-10-12(4-5-13(11)14)17-7-3-6-16-9-8-15-2/h4-5,10H,3,6-9H2,1-2H3. The van der Waals surface area contributed by atoms with Crippen LogP contribution in [0.15, 0.2) is 18.2 Å². The fourth-order valence-electron chi connectivity index (χ4n) is 1.30. The number of halogens is 1. The number of ether oxygens (including phenoxy) is 3. The SMILES string of the molecule is COCCOCCCOc1ccc(F)c(C)c1. The maximum Gasteiger partial charge on any atom is 0.126 e. The summed E-state index contributed by atoms with van der Waals surface area (Å²) >= 11 is 0. The van der Waals surface area contributed by atoms with Gasteiger partial charge in [-0.2, -0.15) is 0 Å². The molecule has 1 rings (SSSR count). The topological polar surface area (TPSA) is 27.7 Å². The number of methoxy groups -OCH3 is 1. The maximum absolute atomic E-state index is 13.0. The number of aryl methyl sites for hydroxylation is 1. The van der Waals surface area contributed by atoms with E-state index < -0.39 is 0 Å². The first-order valence-electron chi connectivity index (χ1n) is 5.69. The molecule has 96 valence electrons. The average molecular weight is 242 g/mol. The van der Waals surface area contributed by atoms with Gasteiger partial charge in [0.2, 0.25) is 0 Å². The molecule has 0 bridgehead atoms. The predicted molar refractivity (Wildman–Crippen MR) is 63.9 cm³/mol. The first-order chi connectivity index (χ1) is 8.24. The largest absolute Gasteiger partial charge is 0.493 e. The van der Waals surface area contributed by atoms with Gasteiger partial charge < -0.3 is 14.2 Å². The van der Waals surface area contributed by atoms with E-state index in [2.05, 4.69) is 0 Å². The summed E-state index contributed by atoms with van der Waals surface area (Å²) in [6, 6.07) is 4.75. The van der Waals surface area contributed by atoms with Crippen LogP contribution in [0.2, 0.25) is 0 Å². The normalized spacial score (nSPS) is 10.5. The van der Waals surface area contributed by atoms with Crippen molar-refractivity contribution in [2.75, 3.05) is 33.5 Å². The Labute approximate surface area is 101 Å². The molecule has 0 unspecified atom stereocenters. The van der Waals surface area contributed by atoms with Crippen LogP contribution in [0.4, 0.5) is 4.39 Å². The second-order valence-electron chi connectivity index (χ2n) is 3.72. The third kappa shape index (κ3) is 5.65. The Morgan fingerprint density at radius 2 is 1.94 bits per heavy atom. The van der Waals surface area contributed by atoms with Gasteiger partial charge in [0, 0.05) is 20.1 Å². The van der Waals surface area contributed by atoms with Crippen molar-refractivity contribution in [3.63, 3.8) is 0 Å². The smallest absolute Gasteiger partial charge is 0.126 e. The van der Waals surface area contributed by atoms with Crippen molar-refractivity contribution in [3.05, 3.63) is 29.6 Å². The molecule has 0 aliphatic rings. The van der Waals surface area contributed by atoms with Crippen LogP contribution < -0.4 is 4.74 Å². The molecule has 1 aromatic carbocycles. The number of hydrogen-bond acceptors (Lipinski definition) is 3. The molecule has 0 N–H and O–H groups in total. The van der Waals surface area contributed by atoms with E-state index >= 15 is 0 Å². The van der Waals surface area contributed by atoms with Crippen molar-refractivity contribution in [2.45, 2.75) is 13.3 Å². The molecule has 3 nitrogen and oxygen atoms in total. The zero-order chi connectivity index (χ0) is 12.5. The van der Waals surface area contributed by atoms with Gasteiger partial charge in [-0.3, -0.25) is 0 Å². The maximum atomic E-state index is 13.0. The van der Waals surface area contributed by atoms with Gasteiger partial charge in [0.05, 0.1) is 19.8 Å². The molecule has 1 aromatic rings. The summed E-state index contributed by atoms with van der Waals surface area (Å²) in [5.41, 5.74) is 0.596. The van der Waals surface area contributed by atoms with Gasteiger partial charge in [-0.25, -0.2) is 4.39 Å². The highest BCUT2D eigenvalue weighted by Crippen LogP contribution is 2.15. The van der Waals surface area contributed by atoms with E-state index in [1.165, 1.54) is 6.07 Å². The zero-order valence-corrected chi connectivity index (χ0v) is 10.4. The fourth-order valence-corrected chi connectivity index (χ4v) is 1.30. The van der Waals surface area contributed by atoms with Crippen molar-refractivity contribution in [1.29, 1.82) is 0 Å². The Morgan fingerprint density at radius 1 is 1.12 bits per heavy atom. The van der Waals surface area contributed by atoms with Crippen LogP contribution in [0.5, 0.6) is 5.75 Å². The highest BCUT2D eigenvalue weighted by molar-refractivity contribution is 5.28. The van der Waals surface area contributed by atoms with E-state index in [-0.39, 0.29) is 5.82 Å². The lowest BCUT2D eigenvalue weighted by Gasteiger charge is -2.07. The van der Waals surface area contributed by atoms with Gasteiger partial charge in [0.15, 0.2) is 0 Å². The summed E-state index contributed by atoms with van der Waals surface area (Å²) in [6.07, 6.45) is 0.806. The van der Waals surface area contributed by atoms with Crippen molar-refractivity contribution in [3.8, 4) is 5.75 Å². The second-order valence-corrected chi connectivity index (χ2v) is 3.72. The Kier molecular flexibility index (Phi) is 6.58. The van der Waals surface area contributed by atoms with E-state index in [4.69, 9.17) is 14.2 Å². The third-order valence-electron chi connectivity index (χ3n) is 2.26. The summed E-state index contributed by atoms with van der Waals surface area (Å²) in [5, 5.41) is 0. The number of hydrogen-bond donors (Lipinski definition) is 0. The van der Waals surface area contributed by atoms with Gasteiger partial charge in [-0.1, -0.05) is 0 Å². The molecule has 0 aliphatic heterocycles. The molecule has 4 heteroatoms. The molecule has 0 heterocycles. The monoisotopic (exact) mass is 242 g/mol. The molecule has 0 fully saturated rings. The van der Waals surface area contributed by atoms with E-state index in [1.54, 1.807) is 26.2 Å². The van der Waals surface area contributed by atoms with Crippen LogP contribution >= 0.6 is 0 Å². The van der Waals surface area contributed by atoms with Gasteiger partial charge in [0.25, 0.3) is 0 Å². The quantitative estimate of drug-likeness (QED) is 0.656. The highest BCUT2D eigenvalue weighted by atomic mass is 19.1. The van der Waals surface area contributed by atoms with E-state index in [0.717, 1.165) is 6.42 Å². The first kappa shape index (κ1) is 13.9. The molecule has 0 aromatic heterocycles. The summed E-state index contributed by atoms with van der Waals surface area (Å²) in [7, 11) is 1.64. The molecular weight excluding hydrogens is 223 g/mol. The minimum Gasteiger partial charge on any atom is -0.493 e. The summed E-state index contributed by atoms with van der Waals surface area (Å²) in [6.45, 7) is 4.14. The molecule has 0 spiro atoms. The Morgan fingerprint density at radius 3 is 2.65 bits per heavy atom. The molecule has 0 saturated carbocycles. The molecule has 0 radical (unpaired) electrons. The molecule has 0 amide bonds. The fraction of sp³-hybridized carbons (Fsp3) is 0.538. The lowest BCUT2D eigenvalue weighted by atomic mass is 10.2. The molecular formula is C13H19FO3. The van der Waals surface area contributed by atoms with Crippen molar-refractivity contribution >= 4 is 0 Å². The van der Waals surface area contributed by atoms with Crippen LogP contribution in [0.1, 0.15) is 12.0 Å². The van der Waals surface area contributed by atoms with Crippen molar-refractivity contribution in [1.82, 2.24) is 0 Å². The van der Waals surface area contributed by atoms with Crippen LogP contribution in [0.25, 0.3) is 0 Å². The summed E-state index contributed by atoms with van der Waals surface area (Å²) in [4.78, 5) is 0. The molecule has 17 heavy (non-hydrogen) atoms. The first-order valence-corrected chi connectivity index (χ1v) is 5.69. The Hall–Kier alpha value is -1.13. The van der Waals surface area contributed by atoms with Crippen LogP contribution in [-0.4, -0.2) is 33.5 Å². The Balaban J connectivity index is 2.11. The predicted octanol–water partition coefficient (Wildman–Crippen LogP) is 2.57. The van der Waals surface area contributed by atoms with Gasteiger partial charge in [-0.15, -0.1) is 0 Å². The lowest BCUT2D eigenvalue weighted by Crippen LogP contribution is -2.06. The minimum atomic E-state index is -0.208. The average Bonchev–Trinajstić information content (AvgIpc) is 2.32. The van der Waals surface area contributed by atoms with E-state index in [9.17, 15) is 4.39 Å². The molecule has 0 saturated heterocycles. The van der Waals surface area contributed by atoms with E-state index in [1.807, 2.05) is 0 Å². The van der Waals surface area contributed by atoms with E-state index in [0.29, 0.717) is 37.7 Å². The van der Waals surface area contributed by atoms with Gasteiger partial charge in [-0.05, 0) is 30.7 Å². The van der Waals surface area contributed by atoms with Crippen LogP contribution in [0.3, 0.4) is 0 Å². The summed E-state index contributed by atoms with van der Waals surface area (Å²) < 4.78 is 28.6. The Bertz CT molecular complexity index is 328. The van der Waals surface area contributed by atoms with Gasteiger partial charge >= 0.3 is 0 Å². The number of benzene rings is 1. The third-order valence-corrected chi connectivity index (χ3v) is 2.26. The lowest BCUT2D eigenvalue weighted by molar-refractivity contribution is 0.0644. The second kappa shape index (κ2) is 8.03. The van der Waals surface area contributed by atoms with Crippen LogP contribution in [0, 0.1) is 12.7 Å². The highest BCUT2D eigenvalue weighted by Gasteiger charge is 1.99. The summed E-state index contributed by atoms with van der Waals surface area (Å²) in [5.74, 6) is 0.487. The number of rotatable bonds is 8. The zero-order valence-electron chi connectivity index (χ0n) is 10.4. The van der Waals surface area contributed by atoms with Crippen molar-refractivity contribution < 1.29 is 18.6 Å². The van der Waals surface area contributed by atoms with Gasteiger partial charge in [0.1, 0.15) is 11.6 Å². The van der Waals surface area contributed by atoms with Crippen molar-refractivity contribution in [2.24, 2.45) is 0 Å². The molecule has 0 aliphatic carbocycles. The minimum absolute atomic E-state index is 0.208.